The fraction of sp³-hybridized carbons (Fsp3) is 0.111. The maximum Gasteiger partial charge on any atom is 0 e. The molecule has 1 heterocycles. The van der Waals surface area contributed by atoms with Gasteiger partial charge in [0.15, 0.2) is 0 Å². The Morgan fingerprint density at radius 2 is 2.00 bits per heavy atom. The van der Waals surface area contributed by atoms with Crippen LogP contribution in [0.3, 0.4) is 0 Å². The third kappa shape index (κ3) is 1.90. The van der Waals surface area contributed by atoms with Gasteiger partial charge in [-0.2, -0.15) is 17.5 Å². The maximum absolute atomic E-state index is 3.28. The Morgan fingerprint density at radius 3 is 2.73 bits per heavy atom. The Morgan fingerprint density at radius 1 is 1.27 bits per heavy atom. The minimum Gasteiger partial charge on any atom is -0.223 e. The van der Waals surface area contributed by atoms with Gasteiger partial charge >= 0.3 is 0 Å². The molecule has 0 aliphatic rings. The van der Waals surface area contributed by atoms with Gasteiger partial charge in [0.2, 0.25) is 0 Å². The van der Waals surface area contributed by atoms with Gasteiger partial charge in [0.25, 0.3) is 0 Å². The van der Waals surface area contributed by atoms with Crippen LogP contribution in [-0.4, -0.2) is 0 Å². The second-order valence-electron chi connectivity index (χ2n) is 2.28. The first kappa shape index (κ1) is 9.37. The summed E-state index contributed by atoms with van der Waals surface area (Å²) in [7, 11) is 0. The Balaban J connectivity index is 0.000000605. The quantitative estimate of drug-likeness (QED) is 0.617. The van der Waals surface area contributed by atoms with Crippen LogP contribution in [0.5, 0.6) is 0 Å². The number of benzene rings is 1. The minimum atomic E-state index is 0. The Kier molecular flexibility index (Phi) is 3.23. The standard InChI is InChI=1S/C9H7S.Y/c1-7-6-8-4-2-3-5-9(8)10-7;/h2-5H,1H3;/q-1;. The fourth-order valence-corrected chi connectivity index (χ4v) is 1.91. The van der Waals surface area contributed by atoms with Crippen molar-refractivity contribution in [2.45, 2.75) is 6.92 Å². The Hall–Kier alpha value is 0.284. The van der Waals surface area contributed by atoms with E-state index in [9.17, 15) is 0 Å². The van der Waals surface area contributed by atoms with Crippen LogP contribution >= 0.6 is 11.3 Å². The van der Waals surface area contributed by atoms with Gasteiger partial charge in [-0.1, -0.05) is 15.6 Å². The molecule has 0 N–H and O–H groups in total. The van der Waals surface area contributed by atoms with E-state index in [-0.39, 0.29) is 32.7 Å². The second-order valence-corrected chi connectivity index (χ2v) is 3.54. The van der Waals surface area contributed by atoms with E-state index in [1.807, 2.05) is 6.07 Å². The first-order valence-electron chi connectivity index (χ1n) is 3.24. The van der Waals surface area contributed by atoms with Crippen LogP contribution in [0.1, 0.15) is 4.88 Å². The van der Waals surface area contributed by atoms with E-state index in [1.165, 1.54) is 15.0 Å². The van der Waals surface area contributed by atoms with Crippen molar-refractivity contribution in [3.05, 3.63) is 35.2 Å². The van der Waals surface area contributed by atoms with E-state index in [1.54, 1.807) is 11.3 Å². The molecule has 0 unspecified atom stereocenters. The van der Waals surface area contributed by atoms with Crippen LogP contribution in [0.2, 0.25) is 0 Å². The third-order valence-corrected chi connectivity index (χ3v) is 2.44. The predicted molar refractivity (Wildman–Crippen MR) is 45.4 cm³/mol. The maximum atomic E-state index is 3.28. The molecule has 0 aliphatic carbocycles. The molecule has 1 aromatic heterocycles. The van der Waals surface area contributed by atoms with E-state index >= 15 is 0 Å². The van der Waals surface area contributed by atoms with Gasteiger partial charge in [0.05, 0.1) is 0 Å². The molecule has 0 spiro atoms. The normalized spacial score (nSPS) is 9.55. The van der Waals surface area contributed by atoms with Gasteiger partial charge in [0, 0.05) is 32.7 Å². The van der Waals surface area contributed by atoms with Gasteiger partial charge in [-0.05, 0) is 6.92 Å². The number of fused-ring (bicyclic) bond motifs is 1. The van der Waals surface area contributed by atoms with Crippen molar-refractivity contribution in [1.82, 2.24) is 0 Å². The van der Waals surface area contributed by atoms with Crippen LogP contribution in [-0.2, 0) is 32.7 Å². The molecule has 2 heteroatoms. The molecule has 0 saturated carbocycles. The second kappa shape index (κ2) is 3.79. The number of rotatable bonds is 0. The number of hydrogen-bond acceptors (Lipinski definition) is 1. The van der Waals surface area contributed by atoms with Gasteiger partial charge in [-0.3, -0.25) is 0 Å². The van der Waals surface area contributed by atoms with Gasteiger partial charge < -0.3 is 0 Å². The molecule has 0 bridgehead atoms. The van der Waals surface area contributed by atoms with Crippen LogP contribution in [0.15, 0.2) is 24.3 Å². The summed E-state index contributed by atoms with van der Waals surface area (Å²) < 4.78 is 1.33. The SMILES string of the molecule is Cc1[c-]c2ccccc2s1.[Y]. The molecule has 11 heavy (non-hydrogen) atoms. The van der Waals surface area contributed by atoms with Crippen molar-refractivity contribution in [3.8, 4) is 0 Å². The molecular formula is C9H7SY-. The van der Waals surface area contributed by atoms with Gasteiger partial charge in [0.1, 0.15) is 0 Å². The summed E-state index contributed by atoms with van der Waals surface area (Å²) in [5.41, 5.74) is 0. The molecule has 0 fully saturated rings. The average Bonchev–Trinajstić information content (AvgIpc) is 2.27. The van der Waals surface area contributed by atoms with Crippen molar-refractivity contribution in [2.24, 2.45) is 0 Å². The van der Waals surface area contributed by atoms with Gasteiger partial charge in [-0.15, -0.1) is 12.1 Å². The smallest absolute Gasteiger partial charge is 0 e. The molecule has 0 nitrogen and oxygen atoms in total. The summed E-state index contributed by atoms with van der Waals surface area (Å²) in [6.07, 6.45) is 0. The number of thiophene rings is 1. The predicted octanol–water partition coefficient (Wildman–Crippen LogP) is 3.01. The molecule has 1 radical (unpaired) electrons. The molecule has 0 aliphatic heterocycles. The largest absolute Gasteiger partial charge is 0.223 e. The average molecular weight is 236 g/mol. The van der Waals surface area contributed by atoms with E-state index in [0.29, 0.717) is 0 Å². The van der Waals surface area contributed by atoms with Crippen molar-refractivity contribution < 1.29 is 32.7 Å². The van der Waals surface area contributed by atoms with Crippen LogP contribution in [0.25, 0.3) is 10.1 Å². The fourth-order valence-electron chi connectivity index (χ4n) is 1.04. The minimum absolute atomic E-state index is 0. The molecule has 2 aromatic rings. The summed E-state index contributed by atoms with van der Waals surface area (Å²) in [6.45, 7) is 2.09. The van der Waals surface area contributed by atoms with Crippen LogP contribution < -0.4 is 0 Å². The molecule has 0 amide bonds. The summed E-state index contributed by atoms with van der Waals surface area (Å²) in [4.78, 5) is 1.27. The zero-order valence-corrected chi connectivity index (χ0v) is 9.95. The monoisotopic (exact) mass is 236 g/mol. The first-order chi connectivity index (χ1) is 4.86. The zero-order chi connectivity index (χ0) is 6.97. The summed E-state index contributed by atoms with van der Waals surface area (Å²) in [5, 5.41) is 1.24. The molecule has 1 aromatic carbocycles. The molecule has 0 saturated heterocycles. The van der Waals surface area contributed by atoms with E-state index in [4.69, 9.17) is 0 Å². The Bertz CT molecular complexity index is 318. The summed E-state index contributed by atoms with van der Waals surface area (Å²) in [6, 6.07) is 11.6. The topological polar surface area (TPSA) is 0 Å². The van der Waals surface area contributed by atoms with E-state index in [0.717, 1.165) is 0 Å². The van der Waals surface area contributed by atoms with Crippen LogP contribution in [0, 0.1) is 13.0 Å². The van der Waals surface area contributed by atoms with E-state index in [2.05, 4.69) is 31.2 Å². The van der Waals surface area contributed by atoms with Crippen molar-refractivity contribution in [3.63, 3.8) is 0 Å². The van der Waals surface area contributed by atoms with Gasteiger partial charge in [-0.25, -0.2) is 11.3 Å². The molecule has 53 valence electrons. The van der Waals surface area contributed by atoms with Crippen LogP contribution in [0.4, 0.5) is 0 Å². The number of aryl methyl sites for hydroxylation is 1. The summed E-state index contributed by atoms with van der Waals surface area (Å²) in [5.74, 6) is 0. The van der Waals surface area contributed by atoms with Crippen molar-refractivity contribution in [1.29, 1.82) is 0 Å². The number of hydrogen-bond donors (Lipinski definition) is 0. The van der Waals surface area contributed by atoms with E-state index < -0.39 is 0 Å². The first-order valence-corrected chi connectivity index (χ1v) is 4.05. The molecule has 2 rings (SSSR count). The Labute approximate surface area is 95.5 Å². The molecular weight excluding hydrogens is 229 g/mol. The zero-order valence-electron chi connectivity index (χ0n) is 6.29. The van der Waals surface area contributed by atoms with Crippen molar-refractivity contribution >= 4 is 21.4 Å². The summed E-state index contributed by atoms with van der Waals surface area (Å²) >= 11 is 1.80. The van der Waals surface area contributed by atoms with Crippen molar-refractivity contribution in [2.75, 3.05) is 0 Å². The molecule has 0 atom stereocenters. The third-order valence-electron chi connectivity index (χ3n) is 1.46.